The molecule has 0 saturated heterocycles. The quantitative estimate of drug-likeness (QED) is 0.562. The Balaban J connectivity index is 2.16. The minimum absolute atomic E-state index is 0.215. The molecule has 2 rings (SSSR count). The highest BCUT2D eigenvalue weighted by Crippen LogP contribution is 2.21. The van der Waals surface area contributed by atoms with Gasteiger partial charge in [-0.05, 0) is 13.0 Å². The number of nitrogens with zero attached hydrogens (tertiary/aromatic N) is 1. The number of allylic oxidation sites excluding steroid dienone is 2. The van der Waals surface area contributed by atoms with E-state index in [0.717, 1.165) is 12.3 Å². The van der Waals surface area contributed by atoms with Gasteiger partial charge in [0.2, 0.25) is 5.71 Å². The first kappa shape index (κ1) is 12.9. The molecule has 0 amide bonds. The van der Waals surface area contributed by atoms with Crippen LogP contribution < -0.4 is 5.48 Å². The minimum atomic E-state index is 0.215. The standard InChI is InChI=1S/C14H19N2O2/c1-11(17)7-8-16-13(10-18-15-2)9-12-5-3-4-6-14(12)16/h3-6,9,14-15H,7-8,10H2,1-2H3/q+1. The number of hydrogen-bond acceptors (Lipinski definition) is 3. The van der Waals surface area contributed by atoms with Crippen LogP contribution in [-0.2, 0) is 9.63 Å². The second kappa shape index (κ2) is 5.89. The fourth-order valence-corrected chi connectivity index (χ4v) is 2.25. The van der Waals surface area contributed by atoms with Gasteiger partial charge >= 0.3 is 0 Å². The maximum Gasteiger partial charge on any atom is 0.205 e. The monoisotopic (exact) mass is 247 g/mol. The molecule has 1 aliphatic heterocycles. The van der Waals surface area contributed by atoms with Gasteiger partial charge in [-0.3, -0.25) is 9.63 Å². The highest BCUT2D eigenvalue weighted by Gasteiger charge is 2.32. The van der Waals surface area contributed by atoms with Crippen LogP contribution in [0.5, 0.6) is 0 Å². The zero-order valence-electron chi connectivity index (χ0n) is 10.8. The van der Waals surface area contributed by atoms with Crippen molar-refractivity contribution in [3.8, 4) is 0 Å². The third kappa shape index (κ3) is 2.83. The van der Waals surface area contributed by atoms with Crippen molar-refractivity contribution in [1.82, 2.24) is 5.48 Å². The highest BCUT2D eigenvalue weighted by molar-refractivity contribution is 5.95. The van der Waals surface area contributed by atoms with Crippen LogP contribution >= 0.6 is 0 Å². The average molecular weight is 247 g/mol. The summed E-state index contributed by atoms with van der Waals surface area (Å²) in [6.45, 7) is 2.88. The Morgan fingerprint density at radius 3 is 3.06 bits per heavy atom. The Morgan fingerprint density at radius 1 is 1.50 bits per heavy atom. The molecule has 4 nitrogen and oxygen atoms in total. The Kier molecular flexibility index (Phi) is 4.23. The van der Waals surface area contributed by atoms with Crippen LogP contribution in [0.15, 0.2) is 36.0 Å². The van der Waals surface area contributed by atoms with Gasteiger partial charge in [0.25, 0.3) is 0 Å². The first-order chi connectivity index (χ1) is 8.72. The molecular formula is C14H19N2O2+. The lowest BCUT2D eigenvalue weighted by atomic mass is 10.0. The van der Waals surface area contributed by atoms with Crippen LogP contribution in [0, 0.1) is 0 Å². The molecule has 0 aromatic carbocycles. The van der Waals surface area contributed by atoms with Gasteiger partial charge in [-0.1, -0.05) is 18.2 Å². The van der Waals surface area contributed by atoms with Gasteiger partial charge in [0.15, 0.2) is 19.2 Å². The molecule has 1 atom stereocenters. The molecule has 0 aromatic heterocycles. The summed E-state index contributed by atoms with van der Waals surface area (Å²) < 4.78 is 2.23. The van der Waals surface area contributed by atoms with E-state index in [1.165, 1.54) is 5.57 Å². The normalized spacial score (nSPS) is 21.2. The zero-order valence-corrected chi connectivity index (χ0v) is 10.8. The molecule has 0 aromatic rings. The maximum atomic E-state index is 11.2. The summed E-state index contributed by atoms with van der Waals surface area (Å²) in [7, 11) is 1.75. The van der Waals surface area contributed by atoms with E-state index in [4.69, 9.17) is 4.84 Å². The number of nitrogens with one attached hydrogen (secondary N) is 1. The number of carbonyl (C=O) groups excluding carboxylic acids is 1. The van der Waals surface area contributed by atoms with Gasteiger partial charge in [0.05, 0.1) is 6.42 Å². The van der Waals surface area contributed by atoms with Crippen molar-refractivity contribution in [1.29, 1.82) is 0 Å². The topological polar surface area (TPSA) is 41.3 Å². The van der Waals surface area contributed by atoms with Gasteiger partial charge < -0.3 is 0 Å². The van der Waals surface area contributed by atoms with Crippen LogP contribution in [-0.4, -0.2) is 42.3 Å². The Bertz CT molecular complexity index is 458. The van der Waals surface area contributed by atoms with Gasteiger partial charge in [-0.2, -0.15) is 0 Å². The number of Topliss-reactive ketones (excluding diaryl/α,β-unsaturated/α-hetero) is 1. The summed E-state index contributed by atoms with van der Waals surface area (Å²) in [5.74, 6) is 0.215. The second-order valence-electron chi connectivity index (χ2n) is 4.46. The number of carbonyl (C=O) groups is 1. The van der Waals surface area contributed by atoms with Gasteiger partial charge in [0, 0.05) is 18.7 Å². The lowest BCUT2D eigenvalue weighted by molar-refractivity contribution is -0.541. The molecular weight excluding hydrogens is 228 g/mol. The molecule has 1 aliphatic carbocycles. The van der Waals surface area contributed by atoms with Crippen molar-refractivity contribution in [2.45, 2.75) is 19.4 Å². The first-order valence-electron chi connectivity index (χ1n) is 6.19. The van der Waals surface area contributed by atoms with Crippen molar-refractivity contribution in [2.75, 3.05) is 20.2 Å². The van der Waals surface area contributed by atoms with Crippen molar-refractivity contribution in [3.05, 3.63) is 36.0 Å². The average Bonchev–Trinajstić information content (AvgIpc) is 2.71. The third-order valence-corrected chi connectivity index (χ3v) is 3.14. The van der Waals surface area contributed by atoms with Crippen LogP contribution in [0.3, 0.4) is 0 Å². The molecule has 18 heavy (non-hydrogen) atoms. The molecule has 2 aliphatic rings. The summed E-state index contributed by atoms with van der Waals surface area (Å²) in [4.78, 5) is 16.4. The Morgan fingerprint density at radius 2 is 2.33 bits per heavy atom. The van der Waals surface area contributed by atoms with Crippen molar-refractivity contribution in [3.63, 3.8) is 0 Å². The molecule has 0 spiro atoms. The highest BCUT2D eigenvalue weighted by atomic mass is 16.6. The predicted octanol–water partition coefficient (Wildman–Crippen LogP) is 1.00. The maximum absolute atomic E-state index is 11.2. The third-order valence-electron chi connectivity index (χ3n) is 3.14. The molecule has 1 heterocycles. The second-order valence-corrected chi connectivity index (χ2v) is 4.46. The van der Waals surface area contributed by atoms with E-state index in [1.807, 2.05) is 12.2 Å². The molecule has 1 unspecified atom stereocenters. The smallest absolute Gasteiger partial charge is 0.205 e. The van der Waals surface area contributed by atoms with Crippen LogP contribution in [0.1, 0.15) is 13.3 Å². The van der Waals surface area contributed by atoms with E-state index in [-0.39, 0.29) is 11.8 Å². The molecule has 4 heteroatoms. The summed E-state index contributed by atoms with van der Waals surface area (Å²) in [6, 6.07) is 0.254. The SMILES string of the molecule is CNOCC1=[N+](CCC(C)=O)C2C=CC=CC2=C1. The minimum Gasteiger partial charge on any atom is -0.300 e. The van der Waals surface area contributed by atoms with Crippen LogP contribution in [0.4, 0.5) is 0 Å². The van der Waals surface area contributed by atoms with Crippen molar-refractivity contribution < 1.29 is 14.2 Å². The van der Waals surface area contributed by atoms with E-state index in [9.17, 15) is 4.79 Å². The number of rotatable bonds is 6. The van der Waals surface area contributed by atoms with E-state index in [1.54, 1.807) is 14.0 Å². The molecule has 0 bridgehead atoms. The van der Waals surface area contributed by atoms with E-state index >= 15 is 0 Å². The fraction of sp³-hybridized carbons (Fsp3) is 0.429. The largest absolute Gasteiger partial charge is 0.300 e. The predicted molar refractivity (Wildman–Crippen MR) is 70.6 cm³/mol. The lowest BCUT2D eigenvalue weighted by Crippen LogP contribution is -2.30. The fourth-order valence-electron chi connectivity index (χ4n) is 2.25. The number of hydrogen-bond donors (Lipinski definition) is 1. The number of ketones is 1. The molecule has 1 N–H and O–H groups in total. The number of hydroxylamine groups is 1. The summed E-state index contributed by atoms with van der Waals surface area (Å²) >= 11 is 0. The van der Waals surface area contributed by atoms with Crippen molar-refractivity contribution in [2.24, 2.45) is 0 Å². The van der Waals surface area contributed by atoms with Crippen LogP contribution in [0.2, 0.25) is 0 Å². The van der Waals surface area contributed by atoms with E-state index < -0.39 is 0 Å². The van der Waals surface area contributed by atoms with Gasteiger partial charge in [-0.25, -0.2) is 10.1 Å². The van der Waals surface area contributed by atoms with Crippen LogP contribution in [0.25, 0.3) is 0 Å². The van der Waals surface area contributed by atoms with E-state index in [2.05, 4.69) is 28.3 Å². The summed E-state index contributed by atoms with van der Waals surface area (Å²) in [5, 5.41) is 0. The van der Waals surface area contributed by atoms with Gasteiger partial charge in [0.1, 0.15) is 5.78 Å². The molecule has 0 saturated carbocycles. The molecule has 96 valence electrons. The summed E-state index contributed by atoms with van der Waals surface area (Å²) in [5.41, 5.74) is 5.05. The van der Waals surface area contributed by atoms with E-state index in [0.29, 0.717) is 13.0 Å². The summed E-state index contributed by atoms with van der Waals surface area (Å²) in [6.07, 6.45) is 11.1. The van der Waals surface area contributed by atoms with Crippen molar-refractivity contribution >= 4 is 11.5 Å². The molecule has 0 radical (unpaired) electrons. The Hall–Kier alpha value is -1.52. The Labute approximate surface area is 107 Å². The van der Waals surface area contributed by atoms with Gasteiger partial charge in [-0.15, -0.1) is 0 Å². The zero-order chi connectivity index (χ0) is 13.0. The molecule has 0 fully saturated rings. The lowest BCUT2D eigenvalue weighted by Gasteiger charge is -2.11. The first-order valence-corrected chi connectivity index (χ1v) is 6.19. The number of fused-ring (bicyclic) bond motifs is 1.